The number of thioether (sulfide) groups is 1. The van der Waals surface area contributed by atoms with E-state index < -0.39 is 6.10 Å². The van der Waals surface area contributed by atoms with Crippen molar-refractivity contribution in [2.75, 3.05) is 5.75 Å². The lowest BCUT2D eigenvalue weighted by molar-refractivity contribution is 0.196. The molecule has 1 N–H and O–H groups in total. The zero-order valence-electron chi connectivity index (χ0n) is 9.87. The molecule has 16 heavy (non-hydrogen) atoms. The van der Waals surface area contributed by atoms with Crippen LogP contribution in [-0.4, -0.2) is 10.9 Å². The highest BCUT2D eigenvalue weighted by molar-refractivity contribution is 7.99. The topological polar surface area (TPSA) is 20.2 Å². The molecule has 0 aliphatic rings. The van der Waals surface area contributed by atoms with E-state index in [4.69, 9.17) is 0 Å². The second-order valence-corrected chi connectivity index (χ2v) is 5.05. The van der Waals surface area contributed by atoms with Gasteiger partial charge in [-0.1, -0.05) is 19.8 Å². The van der Waals surface area contributed by atoms with Gasteiger partial charge in [0.2, 0.25) is 0 Å². The van der Waals surface area contributed by atoms with Gasteiger partial charge in [-0.3, -0.25) is 0 Å². The molecule has 0 amide bonds. The summed E-state index contributed by atoms with van der Waals surface area (Å²) in [4.78, 5) is 0.993. The Kier molecular flexibility index (Phi) is 5.85. The van der Waals surface area contributed by atoms with Crippen molar-refractivity contribution in [1.29, 1.82) is 0 Å². The van der Waals surface area contributed by atoms with Crippen molar-refractivity contribution in [2.24, 2.45) is 0 Å². The highest BCUT2D eigenvalue weighted by Gasteiger charge is 2.09. The highest BCUT2D eigenvalue weighted by Crippen LogP contribution is 2.29. The number of rotatable bonds is 6. The summed E-state index contributed by atoms with van der Waals surface area (Å²) in [6, 6.07) is 4.63. The Hall–Kier alpha value is -0.540. The van der Waals surface area contributed by atoms with Gasteiger partial charge >= 0.3 is 0 Å². The summed E-state index contributed by atoms with van der Waals surface area (Å²) in [5.41, 5.74) is 0.696. The molecule has 0 aliphatic carbocycles. The van der Waals surface area contributed by atoms with Crippen molar-refractivity contribution < 1.29 is 9.50 Å². The standard InChI is InChI=1S/C13H19FOS/c1-3-4-5-8-16-13-7-6-11(14)9-12(13)10(2)15/h6-7,9-10,15H,3-5,8H2,1-2H3/t10-/m1/s1. The summed E-state index contributed by atoms with van der Waals surface area (Å²) >= 11 is 1.70. The van der Waals surface area contributed by atoms with Crippen LogP contribution in [0.15, 0.2) is 23.1 Å². The fourth-order valence-electron chi connectivity index (χ4n) is 1.51. The molecule has 1 aromatic rings. The number of hydrogen-bond donors (Lipinski definition) is 1. The largest absolute Gasteiger partial charge is 0.389 e. The van der Waals surface area contributed by atoms with Crippen molar-refractivity contribution in [3.8, 4) is 0 Å². The Morgan fingerprint density at radius 3 is 2.75 bits per heavy atom. The number of unbranched alkanes of at least 4 members (excludes halogenated alkanes) is 2. The van der Waals surface area contributed by atoms with Gasteiger partial charge in [0, 0.05) is 4.90 Å². The van der Waals surface area contributed by atoms with E-state index in [0.717, 1.165) is 17.1 Å². The van der Waals surface area contributed by atoms with Gasteiger partial charge in [0.05, 0.1) is 6.10 Å². The van der Waals surface area contributed by atoms with E-state index in [9.17, 15) is 9.50 Å². The first kappa shape index (κ1) is 13.5. The second kappa shape index (κ2) is 6.92. The van der Waals surface area contributed by atoms with Gasteiger partial charge < -0.3 is 5.11 Å². The van der Waals surface area contributed by atoms with Crippen LogP contribution in [0.25, 0.3) is 0 Å². The van der Waals surface area contributed by atoms with Crippen LogP contribution in [0, 0.1) is 5.82 Å². The maximum atomic E-state index is 13.0. The Morgan fingerprint density at radius 1 is 1.38 bits per heavy atom. The lowest BCUT2D eigenvalue weighted by Gasteiger charge is -2.11. The van der Waals surface area contributed by atoms with Crippen molar-refractivity contribution in [2.45, 2.75) is 44.1 Å². The summed E-state index contributed by atoms with van der Waals surface area (Å²) in [7, 11) is 0. The first-order chi connectivity index (χ1) is 7.65. The van der Waals surface area contributed by atoms with Crippen LogP contribution < -0.4 is 0 Å². The Labute approximate surface area is 101 Å². The molecule has 1 atom stereocenters. The van der Waals surface area contributed by atoms with Gasteiger partial charge in [0.1, 0.15) is 5.82 Å². The first-order valence-electron chi connectivity index (χ1n) is 5.75. The molecule has 1 rings (SSSR count). The minimum Gasteiger partial charge on any atom is -0.389 e. The van der Waals surface area contributed by atoms with Crippen LogP contribution in [0.1, 0.15) is 44.8 Å². The second-order valence-electron chi connectivity index (χ2n) is 3.91. The Morgan fingerprint density at radius 2 is 2.12 bits per heavy atom. The minimum atomic E-state index is -0.607. The molecular formula is C13H19FOS. The van der Waals surface area contributed by atoms with Crippen molar-refractivity contribution >= 4 is 11.8 Å². The molecule has 3 heteroatoms. The molecule has 0 bridgehead atoms. The summed E-state index contributed by atoms with van der Waals surface area (Å²) in [5, 5.41) is 9.55. The van der Waals surface area contributed by atoms with Gasteiger partial charge in [-0.25, -0.2) is 4.39 Å². The van der Waals surface area contributed by atoms with Gasteiger partial charge in [-0.15, -0.1) is 11.8 Å². The van der Waals surface area contributed by atoms with Gasteiger partial charge in [0.25, 0.3) is 0 Å². The molecule has 0 fully saturated rings. The van der Waals surface area contributed by atoms with Crippen LogP contribution in [0.5, 0.6) is 0 Å². The monoisotopic (exact) mass is 242 g/mol. The van der Waals surface area contributed by atoms with E-state index >= 15 is 0 Å². The van der Waals surface area contributed by atoms with E-state index in [1.54, 1.807) is 24.8 Å². The van der Waals surface area contributed by atoms with E-state index in [0.29, 0.717) is 5.56 Å². The first-order valence-corrected chi connectivity index (χ1v) is 6.74. The summed E-state index contributed by atoms with van der Waals surface area (Å²) in [6.45, 7) is 3.84. The fourth-order valence-corrected chi connectivity index (χ4v) is 2.64. The maximum absolute atomic E-state index is 13.0. The van der Waals surface area contributed by atoms with Gasteiger partial charge in [-0.05, 0) is 42.9 Å². The molecule has 90 valence electrons. The zero-order valence-corrected chi connectivity index (χ0v) is 10.7. The molecule has 1 nitrogen and oxygen atoms in total. The van der Waals surface area contributed by atoms with Crippen molar-refractivity contribution in [3.63, 3.8) is 0 Å². The molecule has 0 saturated carbocycles. The van der Waals surface area contributed by atoms with Gasteiger partial charge in [0.15, 0.2) is 0 Å². The lowest BCUT2D eigenvalue weighted by atomic mass is 10.1. The van der Waals surface area contributed by atoms with Crippen LogP contribution in [-0.2, 0) is 0 Å². The smallest absolute Gasteiger partial charge is 0.123 e. The Bertz CT molecular complexity index is 326. The SMILES string of the molecule is CCCCCSc1ccc(F)cc1[C@@H](C)O. The third kappa shape index (κ3) is 4.14. The molecule has 0 heterocycles. The number of aliphatic hydroxyl groups excluding tert-OH is 1. The molecule has 0 unspecified atom stereocenters. The van der Waals surface area contributed by atoms with Crippen molar-refractivity contribution in [3.05, 3.63) is 29.6 Å². The minimum absolute atomic E-state index is 0.284. The molecule has 0 spiro atoms. The third-order valence-corrected chi connectivity index (χ3v) is 3.60. The predicted molar refractivity (Wildman–Crippen MR) is 67.3 cm³/mol. The predicted octanol–water partition coefficient (Wildman–Crippen LogP) is 4.16. The van der Waals surface area contributed by atoms with E-state index in [1.807, 2.05) is 0 Å². The van der Waals surface area contributed by atoms with E-state index in [1.165, 1.54) is 25.0 Å². The highest BCUT2D eigenvalue weighted by atomic mass is 32.2. The molecule has 0 saturated heterocycles. The van der Waals surface area contributed by atoms with E-state index in [-0.39, 0.29) is 5.82 Å². The third-order valence-electron chi connectivity index (χ3n) is 2.43. The van der Waals surface area contributed by atoms with Crippen LogP contribution in [0.2, 0.25) is 0 Å². The number of halogens is 1. The molecule has 0 radical (unpaired) electrons. The average molecular weight is 242 g/mol. The number of benzene rings is 1. The lowest BCUT2D eigenvalue weighted by Crippen LogP contribution is -1.96. The number of hydrogen-bond acceptors (Lipinski definition) is 2. The van der Waals surface area contributed by atoms with Crippen LogP contribution >= 0.6 is 11.8 Å². The summed E-state index contributed by atoms with van der Waals surface area (Å²) in [5.74, 6) is 0.743. The quantitative estimate of drug-likeness (QED) is 0.597. The molecular weight excluding hydrogens is 223 g/mol. The maximum Gasteiger partial charge on any atom is 0.123 e. The van der Waals surface area contributed by atoms with Crippen molar-refractivity contribution in [1.82, 2.24) is 0 Å². The van der Waals surface area contributed by atoms with Crippen LogP contribution in [0.3, 0.4) is 0 Å². The molecule has 0 aromatic heterocycles. The average Bonchev–Trinajstić information content (AvgIpc) is 2.26. The van der Waals surface area contributed by atoms with Crippen LogP contribution in [0.4, 0.5) is 4.39 Å². The number of aliphatic hydroxyl groups is 1. The summed E-state index contributed by atoms with van der Waals surface area (Å²) in [6.07, 6.45) is 2.98. The molecule has 0 aliphatic heterocycles. The van der Waals surface area contributed by atoms with Gasteiger partial charge in [-0.2, -0.15) is 0 Å². The van der Waals surface area contributed by atoms with E-state index in [2.05, 4.69) is 6.92 Å². The molecule has 1 aromatic carbocycles. The normalized spacial score (nSPS) is 12.8. The Balaban J connectivity index is 2.64. The fraction of sp³-hybridized carbons (Fsp3) is 0.538. The zero-order chi connectivity index (χ0) is 12.0. The summed E-state index contributed by atoms with van der Waals surface area (Å²) < 4.78 is 13.0.